The van der Waals surface area contributed by atoms with Gasteiger partial charge in [0.2, 0.25) is 5.91 Å². The van der Waals surface area contributed by atoms with Crippen molar-refractivity contribution in [3.63, 3.8) is 0 Å². The number of aromatic nitrogens is 1. The summed E-state index contributed by atoms with van der Waals surface area (Å²) in [6.07, 6.45) is 10.3. The molecular formula is C23H32N4O2S. The van der Waals surface area contributed by atoms with Gasteiger partial charge in [-0.05, 0) is 50.2 Å². The first-order valence-electron chi connectivity index (χ1n) is 11.4. The number of ether oxygens (including phenoxy) is 1. The summed E-state index contributed by atoms with van der Waals surface area (Å²) in [5, 5.41) is 13.4. The summed E-state index contributed by atoms with van der Waals surface area (Å²) in [6.45, 7) is 4.18. The maximum Gasteiger partial charge on any atom is 0.230 e. The highest BCUT2D eigenvalue weighted by Crippen LogP contribution is 2.34. The molecule has 162 valence electrons. The second kappa shape index (κ2) is 10.1. The van der Waals surface area contributed by atoms with Crippen molar-refractivity contribution >= 4 is 17.7 Å². The van der Waals surface area contributed by atoms with Crippen molar-refractivity contribution in [3.05, 3.63) is 22.9 Å². The molecule has 2 heterocycles. The summed E-state index contributed by atoms with van der Waals surface area (Å²) in [7, 11) is 0. The van der Waals surface area contributed by atoms with Gasteiger partial charge in [0.15, 0.2) is 0 Å². The van der Waals surface area contributed by atoms with Crippen LogP contribution in [0.4, 0.5) is 0 Å². The molecule has 4 rings (SSSR count). The Bertz CT molecular complexity index is 795. The molecule has 7 heteroatoms. The van der Waals surface area contributed by atoms with Gasteiger partial charge >= 0.3 is 0 Å². The van der Waals surface area contributed by atoms with E-state index in [0.29, 0.717) is 22.9 Å². The molecule has 0 unspecified atom stereocenters. The lowest BCUT2D eigenvalue weighted by molar-refractivity contribution is -0.119. The number of nitrogens with zero attached hydrogens (tertiary/aromatic N) is 3. The van der Waals surface area contributed by atoms with Gasteiger partial charge in [-0.2, -0.15) is 5.26 Å². The van der Waals surface area contributed by atoms with Crippen molar-refractivity contribution in [2.24, 2.45) is 0 Å². The van der Waals surface area contributed by atoms with Crippen LogP contribution in [0.1, 0.15) is 61.8 Å². The van der Waals surface area contributed by atoms with Crippen LogP contribution in [0.5, 0.6) is 0 Å². The Balaban J connectivity index is 1.36. The fraction of sp³-hybridized carbons (Fsp3) is 0.696. The van der Waals surface area contributed by atoms with Crippen LogP contribution in [0, 0.1) is 11.3 Å². The SMILES string of the molecule is N#Cc1cc2c(nc1SCC(=O)NCC1(N3CCOCC3)CCCCC1)CCCC2. The number of hydrogen-bond donors (Lipinski definition) is 1. The van der Waals surface area contributed by atoms with Gasteiger partial charge < -0.3 is 10.1 Å². The molecule has 1 aromatic rings. The Morgan fingerprint density at radius 2 is 1.97 bits per heavy atom. The third kappa shape index (κ3) is 4.99. The minimum atomic E-state index is 0.0293. The van der Waals surface area contributed by atoms with E-state index >= 15 is 0 Å². The number of hydrogen-bond acceptors (Lipinski definition) is 6. The van der Waals surface area contributed by atoms with Gasteiger partial charge in [-0.15, -0.1) is 0 Å². The number of morpholine rings is 1. The first-order valence-corrected chi connectivity index (χ1v) is 12.3. The highest BCUT2D eigenvalue weighted by atomic mass is 32.2. The average molecular weight is 429 g/mol. The maximum atomic E-state index is 12.7. The zero-order valence-electron chi connectivity index (χ0n) is 17.8. The summed E-state index contributed by atoms with van der Waals surface area (Å²) in [4.78, 5) is 20.0. The second-order valence-corrected chi connectivity index (χ2v) is 9.68. The van der Waals surface area contributed by atoms with E-state index in [-0.39, 0.29) is 11.4 Å². The molecule has 1 amide bonds. The molecule has 0 radical (unpaired) electrons. The van der Waals surface area contributed by atoms with Crippen LogP contribution in [0.2, 0.25) is 0 Å². The van der Waals surface area contributed by atoms with E-state index in [4.69, 9.17) is 9.72 Å². The molecule has 0 atom stereocenters. The monoisotopic (exact) mass is 428 g/mol. The molecule has 30 heavy (non-hydrogen) atoms. The van der Waals surface area contributed by atoms with E-state index in [1.54, 1.807) is 0 Å². The van der Waals surface area contributed by atoms with Crippen molar-refractivity contribution in [1.29, 1.82) is 5.26 Å². The third-order valence-corrected chi connectivity index (χ3v) is 7.80. The molecule has 0 aromatic carbocycles. The lowest BCUT2D eigenvalue weighted by Gasteiger charge is -2.48. The Labute approximate surface area is 183 Å². The number of pyridine rings is 1. The van der Waals surface area contributed by atoms with Gasteiger partial charge in [0.25, 0.3) is 0 Å². The molecule has 1 aromatic heterocycles. The molecule has 2 aliphatic carbocycles. The van der Waals surface area contributed by atoms with Gasteiger partial charge in [-0.25, -0.2) is 4.98 Å². The molecule has 3 aliphatic rings. The van der Waals surface area contributed by atoms with E-state index in [0.717, 1.165) is 64.1 Å². The molecule has 2 fully saturated rings. The number of nitrogens with one attached hydrogen (secondary N) is 1. The predicted molar refractivity (Wildman–Crippen MR) is 118 cm³/mol. The lowest BCUT2D eigenvalue weighted by atomic mass is 9.79. The summed E-state index contributed by atoms with van der Waals surface area (Å²) in [5.74, 6) is 0.334. The molecule has 0 bridgehead atoms. The van der Waals surface area contributed by atoms with Gasteiger partial charge in [-0.1, -0.05) is 31.0 Å². The minimum Gasteiger partial charge on any atom is -0.379 e. The van der Waals surface area contributed by atoms with E-state index in [1.807, 2.05) is 6.07 Å². The van der Waals surface area contributed by atoms with Crippen molar-refractivity contribution in [1.82, 2.24) is 15.2 Å². The Kier molecular flexibility index (Phi) is 7.29. The van der Waals surface area contributed by atoms with Gasteiger partial charge in [0.1, 0.15) is 11.1 Å². The first kappa shape index (κ1) is 21.6. The number of carbonyl (C=O) groups excluding carboxylic acids is 1. The summed E-state index contributed by atoms with van der Waals surface area (Å²) in [5.41, 5.74) is 2.99. The largest absolute Gasteiger partial charge is 0.379 e. The summed E-state index contributed by atoms with van der Waals surface area (Å²) < 4.78 is 5.54. The van der Waals surface area contributed by atoms with Crippen molar-refractivity contribution < 1.29 is 9.53 Å². The molecular weight excluding hydrogens is 396 g/mol. The van der Waals surface area contributed by atoms with E-state index in [1.165, 1.54) is 43.0 Å². The number of nitriles is 1. The molecule has 1 saturated heterocycles. The number of fused-ring (bicyclic) bond motifs is 1. The standard InChI is InChI=1S/C23H32N4O2S/c24-15-19-14-18-6-2-3-7-20(18)26-22(19)30-16-21(28)25-17-23(8-4-1-5-9-23)27-10-12-29-13-11-27/h14H,1-13,16-17H2,(H,25,28). The summed E-state index contributed by atoms with van der Waals surface area (Å²) in [6, 6.07) is 4.25. The number of aryl methyl sites for hydroxylation is 2. The molecule has 6 nitrogen and oxygen atoms in total. The van der Waals surface area contributed by atoms with Crippen LogP contribution in [0.15, 0.2) is 11.1 Å². The van der Waals surface area contributed by atoms with Crippen LogP contribution in [-0.2, 0) is 22.4 Å². The fourth-order valence-corrected chi connectivity index (χ4v) is 5.91. The predicted octanol–water partition coefficient (Wildman–Crippen LogP) is 3.08. The Morgan fingerprint density at radius 1 is 1.20 bits per heavy atom. The maximum absolute atomic E-state index is 12.7. The smallest absolute Gasteiger partial charge is 0.230 e. The number of rotatable bonds is 6. The van der Waals surface area contributed by atoms with Crippen LogP contribution >= 0.6 is 11.8 Å². The Morgan fingerprint density at radius 3 is 2.73 bits per heavy atom. The van der Waals surface area contributed by atoms with Crippen LogP contribution in [-0.4, -0.2) is 59.9 Å². The molecule has 1 saturated carbocycles. The molecule has 0 spiro atoms. The third-order valence-electron chi connectivity index (χ3n) is 6.81. The zero-order chi connectivity index (χ0) is 20.8. The van der Waals surface area contributed by atoms with Gasteiger partial charge in [0.05, 0.1) is 24.5 Å². The average Bonchev–Trinajstić information content (AvgIpc) is 2.82. The topological polar surface area (TPSA) is 78.2 Å². The van der Waals surface area contributed by atoms with Crippen LogP contribution < -0.4 is 5.32 Å². The molecule has 1 N–H and O–H groups in total. The summed E-state index contributed by atoms with van der Waals surface area (Å²) >= 11 is 1.39. The van der Waals surface area contributed by atoms with Crippen LogP contribution in [0.25, 0.3) is 0 Å². The first-order chi connectivity index (χ1) is 14.7. The minimum absolute atomic E-state index is 0.0293. The second-order valence-electron chi connectivity index (χ2n) is 8.72. The number of carbonyl (C=O) groups is 1. The normalized spacial score (nSPS) is 21.4. The Hall–Kier alpha value is -1.62. The highest BCUT2D eigenvalue weighted by molar-refractivity contribution is 8.00. The lowest BCUT2D eigenvalue weighted by Crippen LogP contribution is -2.59. The highest BCUT2D eigenvalue weighted by Gasteiger charge is 2.38. The zero-order valence-corrected chi connectivity index (χ0v) is 18.6. The molecule has 1 aliphatic heterocycles. The van der Waals surface area contributed by atoms with E-state index in [9.17, 15) is 10.1 Å². The van der Waals surface area contributed by atoms with Gasteiger partial charge in [-0.3, -0.25) is 9.69 Å². The number of amides is 1. The van der Waals surface area contributed by atoms with Crippen molar-refractivity contribution in [2.45, 2.75) is 68.4 Å². The van der Waals surface area contributed by atoms with Gasteiger partial charge in [0, 0.05) is 30.9 Å². The van der Waals surface area contributed by atoms with E-state index in [2.05, 4.69) is 16.3 Å². The van der Waals surface area contributed by atoms with Crippen molar-refractivity contribution in [2.75, 3.05) is 38.6 Å². The number of thioether (sulfide) groups is 1. The van der Waals surface area contributed by atoms with E-state index < -0.39 is 0 Å². The fourth-order valence-electron chi connectivity index (χ4n) is 5.11. The van der Waals surface area contributed by atoms with Crippen molar-refractivity contribution in [3.8, 4) is 6.07 Å². The quantitative estimate of drug-likeness (QED) is 0.702. The van der Waals surface area contributed by atoms with Crippen LogP contribution in [0.3, 0.4) is 0 Å².